The molecule has 5 nitrogen and oxygen atoms in total. The molecule has 1 unspecified atom stereocenters. The van der Waals surface area contributed by atoms with Crippen molar-refractivity contribution < 1.29 is 14.3 Å². The molecule has 0 spiro atoms. The molecule has 2 aromatic carbocycles. The van der Waals surface area contributed by atoms with Gasteiger partial charge < -0.3 is 15.0 Å². The summed E-state index contributed by atoms with van der Waals surface area (Å²) in [6.07, 6.45) is 2.71. The van der Waals surface area contributed by atoms with Gasteiger partial charge in [-0.2, -0.15) is 0 Å². The fraction of sp³-hybridized carbons (Fsp3) is 0.360. The first-order chi connectivity index (χ1) is 15.1. The van der Waals surface area contributed by atoms with Gasteiger partial charge in [0.05, 0.1) is 19.1 Å². The molecule has 164 valence electrons. The topological polar surface area (TPSA) is 58.6 Å². The minimum absolute atomic E-state index is 0.0540. The van der Waals surface area contributed by atoms with E-state index < -0.39 is 6.04 Å². The standard InChI is InChI=1S/C25H30N2O3S/c1-3-9-19(2)25(29)27-18-31-17-23(27)24(28)26-14-21-12-7-8-13-22(21)16-30-15-20-10-5-4-6-11-20/h4-13,23H,3,14-18H2,1-2H3,(H,26,28). The zero-order valence-electron chi connectivity index (χ0n) is 18.2. The third-order valence-corrected chi connectivity index (χ3v) is 6.25. The van der Waals surface area contributed by atoms with E-state index >= 15 is 0 Å². The first-order valence-electron chi connectivity index (χ1n) is 10.6. The van der Waals surface area contributed by atoms with Gasteiger partial charge in [0.1, 0.15) is 6.04 Å². The molecule has 1 saturated heterocycles. The molecule has 6 heteroatoms. The Balaban J connectivity index is 1.56. The summed E-state index contributed by atoms with van der Waals surface area (Å²) in [6, 6.07) is 17.6. The lowest BCUT2D eigenvalue weighted by Gasteiger charge is -2.23. The third kappa shape index (κ3) is 6.45. The number of benzene rings is 2. The Hall–Kier alpha value is -2.57. The molecule has 1 aliphatic heterocycles. The zero-order valence-corrected chi connectivity index (χ0v) is 19.0. The highest BCUT2D eigenvalue weighted by Gasteiger charge is 2.34. The molecule has 1 atom stereocenters. The van der Waals surface area contributed by atoms with Gasteiger partial charge in [-0.1, -0.05) is 67.6 Å². The van der Waals surface area contributed by atoms with Gasteiger partial charge in [-0.25, -0.2) is 0 Å². The number of allylic oxidation sites excluding steroid dienone is 1. The summed E-state index contributed by atoms with van der Waals surface area (Å²) >= 11 is 1.61. The van der Waals surface area contributed by atoms with Gasteiger partial charge in [0, 0.05) is 17.9 Å². The van der Waals surface area contributed by atoms with Crippen LogP contribution < -0.4 is 5.32 Å². The van der Waals surface area contributed by atoms with Gasteiger partial charge >= 0.3 is 0 Å². The van der Waals surface area contributed by atoms with Crippen LogP contribution in [0, 0.1) is 0 Å². The van der Waals surface area contributed by atoms with Gasteiger partial charge in [-0.05, 0) is 30.0 Å². The van der Waals surface area contributed by atoms with Crippen molar-refractivity contribution in [3.05, 3.63) is 82.9 Å². The van der Waals surface area contributed by atoms with E-state index in [9.17, 15) is 9.59 Å². The van der Waals surface area contributed by atoms with E-state index in [-0.39, 0.29) is 11.8 Å². The van der Waals surface area contributed by atoms with Crippen molar-refractivity contribution in [2.45, 2.75) is 46.1 Å². The third-order valence-electron chi connectivity index (χ3n) is 5.23. The smallest absolute Gasteiger partial charge is 0.250 e. The van der Waals surface area contributed by atoms with Crippen molar-refractivity contribution in [1.29, 1.82) is 0 Å². The van der Waals surface area contributed by atoms with Gasteiger partial charge in [0.2, 0.25) is 5.91 Å². The van der Waals surface area contributed by atoms with Crippen LogP contribution in [0.25, 0.3) is 0 Å². The van der Waals surface area contributed by atoms with Crippen LogP contribution in [0.5, 0.6) is 0 Å². The Kier molecular flexibility index (Phi) is 8.74. The van der Waals surface area contributed by atoms with Gasteiger partial charge in [0.25, 0.3) is 5.91 Å². The van der Waals surface area contributed by atoms with Crippen LogP contribution >= 0.6 is 11.8 Å². The summed E-state index contributed by atoms with van der Waals surface area (Å²) in [7, 11) is 0. The zero-order chi connectivity index (χ0) is 22.1. The highest BCUT2D eigenvalue weighted by atomic mass is 32.2. The second kappa shape index (κ2) is 11.7. The number of nitrogens with one attached hydrogen (secondary N) is 1. The second-order valence-electron chi connectivity index (χ2n) is 7.55. The molecule has 0 radical (unpaired) electrons. The number of thioether (sulfide) groups is 1. The number of hydrogen-bond acceptors (Lipinski definition) is 4. The monoisotopic (exact) mass is 438 g/mol. The maximum absolute atomic E-state index is 12.9. The molecule has 0 saturated carbocycles. The number of ether oxygens (including phenoxy) is 1. The number of amides is 2. The number of rotatable bonds is 9. The summed E-state index contributed by atoms with van der Waals surface area (Å²) in [5.74, 6) is 1.01. The molecule has 2 amide bonds. The summed E-state index contributed by atoms with van der Waals surface area (Å²) in [5.41, 5.74) is 3.90. The Labute approximate surface area is 188 Å². The van der Waals surface area contributed by atoms with Crippen LogP contribution in [-0.2, 0) is 34.1 Å². The highest BCUT2D eigenvalue weighted by Crippen LogP contribution is 2.23. The minimum atomic E-state index is -0.431. The van der Waals surface area contributed by atoms with E-state index in [0.717, 1.165) is 23.1 Å². The van der Waals surface area contributed by atoms with E-state index in [2.05, 4.69) is 5.32 Å². The van der Waals surface area contributed by atoms with Crippen molar-refractivity contribution >= 4 is 23.6 Å². The first kappa shape index (κ1) is 23.1. The lowest BCUT2D eigenvalue weighted by Crippen LogP contribution is -2.47. The quantitative estimate of drug-likeness (QED) is 0.594. The predicted molar refractivity (Wildman–Crippen MR) is 125 cm³/mol. The van der Waals surface area contributed by atoms with Gasteiger partial charge in [-0.15, -0.1) is 11.8 Å². The molecule has 1 fully saturated rings. The molecule has 31 heavy (non-hydrogen) atoms. The fourth-order valence-electron chi connectivity index (χ4n) is 3.50. The van der Waals surface area contributed by atoms with Crippen molar-refractivity contribution in [2.75, 3.05) is 11.6 Å². The van der Waals surface area contributed by atoms with Crippen LogP contribution in [0.15, 0.2) is 66.2 Å². The highest BCUT2D eigenvalue weighted by molar-refractivity contribution is 7.99. The molecule has 0 aliphatic carbocycles. The molecule has 2 aromatic rings. The lowest BCUT2D eigenvalue weighted by atomic mass is 10.1. The fourth-order valence-corrected chi connectivity index (χ4v) is 4.66. The summed E-state index contributed by atoms with van der Waals surface area (Å²) in [4.78, 5) is 27.2. The Bertz CT molecular complexity index is 914. The van der Waals surface area contributed by atoms with Crippen LogP contribution in [0.2, 0.25) is 0 Å². The van der Waals surface area contributed by atoms with E-state index in [4.69, 9.17) is 4.74 Å². The molecule has 3 rings (SSSR count). The van der Waals surface area contributed by atoms with Gasteiger partial charge in [-0.3, -0.25) is 9.59 Å². The number of carbonyl (C=O) groups excluding carboxylic acids is 2. The average molecular weight is 439 g/mol. The minimum Gasteiger partial charge on any atom is -0.372 e. The molecule has 0 bridgehead atoms. The van der Waals surface area contributed by atoms with Crippen molar-refractivity contribution in [1.82, 2.24) is 10.2 Å². The first-order valence-corrected chi connectivity index (χ1v) is 11.8. The Morgan fingerprint density at radius 1 is 1.10 bits per heavy atom. The predicted octanol–water partition coefficient (Wildman–Crippen LogP) is 4.28. The lowest BCUT2D eigenvalue weighted by molar-refractivity contribution is -0.135. The maximum atomic E-state index is 12.9. The molecule has 0 aromatic heterocycles. The second-order valence-corrected chi connectivity index (χ2v) is 8.55. The average Bonchev–Trinajstić information content (AvgIpc) is 3.28. The summed E-state index contributed by atoms with van der Waals surface area (Å²) in [6.45, 7) is 5.25. The van der Waals surface area contributed by atoms with Crippen LogP contribution in [0.4, 0.5) is 0 Å². The van der Waals surface area contributed by atoms with E-state index in [1.165, 1.54) is 0 Å². The SMILES string of the molecule is CCC=C(C)C(=O)N1CSCC1C(=O)NCc1ccccc1COCc1ccccc1. The largest absolute Gasteiger partial charge is 0.372 e. The number of nitrogens with zero attached hydrogens (tertiary/aromatic N) is 1. The molecular weight excluding hydrogens is 408 g/mol. The summed E-state index contributed by atoms with van der Waals surface area (Å²) in [5, 5.41) is 3.02. The van der Waals surface area contributed by atoms with Crippen molar-refractivity contribution in [3.8, 4) is 0 Å². The normalized spacial score (nSPS) is 16.4. The molecule has 1 heterocycles. The molecule has 1 aliphatic rings. The number of carbonyl (C=O) groups is 2. The van der Waals surface area contributed by atoms with Crippen LogP contribution in [0.3, 0.4) is 0 Å². The van der Waals surface area contributed by atoms with E-state index in [1.54, 1.807) is 16.7 Å². The van der Waals surface area contributed by atoms with Crippen molar-refractivity contribution in [3.63, 3.8) is 0 Å². The van der Waals surface area contributed by atoms with Crippen molar-refractivity contribution in [2.24, 2.45) is 0 Å². The van der Waals surface area contributed by atoms with Crippen LogP contribution in [-0.4, -0.2) is 34.4 Å². The van der Waals surface area contributed by atoms with Crippen LogP contribution in [0.1, 0.15) is 37.0 Å². The Morgan fingerprint density at radius 2 is 1.81 bits per heavy atom. The Morgan fingerprint density at radius 3 is 2.55 bits per heavy atom. The van der Waals surface area contributed by atoms with E-state index in [1.807, 2.05) is 74.5 Å². The molecular formula is C25H30N2O3S. The summed E-state index contributed by atoms with van der Waals surface area (Å²) < 4.78 is 5.88. The van der Waals surface area contributed by atoms with E-state index in [0.29, 0.717) is 37.0 Å². The molecule has 1 N–H and O–H groups in total. The van der Waals surface area contributed by atoms with Gasteiger partial charge in [0.15, 0.2) is 0 Å². The maximum Gasteiger partial charge on any atom is 0.250 e. The number of hydrogen-bond donors (Lipinski definition) is 1.